The molecule has 0 N–H and O–H groups in total. The minimum atomic E-state index is 0.0885. The lowest BCUT2D eigenvalue weighted by atomic mass is 9.96. The molecule has 2 heterocycles. The van der Waals surface area contributed by atoms with Crippen LogP contribution in [0.15, 0.2) is 6.07 Å². The molecule has 0 bridgehead atoms. The molecule has 4 heteroatoms. The van der Waals surface area contributed by atoms with Gasteiger partial charge in [0.1, 0.15) is 5.69 Å². The van der Waals surface area contributed by atoms with Crippen molar-refractivity contribution < 1.29 is 4.79 Å². The molecule has 0 spiro atoms. The first kappa shape index (κ1) is 14.3. The van der Waals surface area contributed by atoms with E-state index in [-0.39, 0.29) is 5.78 Å². The molecular weight excluding hydrogens is 238 g/mol. The first-order valence-electron chi connectivity index (χ1n) is 7.28. The number of piperidine rings is 1. The summed E-state index contributed by atoms with van der Waals surface area (Å²) in [6, 6.07) is 3.11. The van der Waals surface area contributed by atoms with Gasteiger partial charge in [-0.25, -0.2) is 0 Å². The molecule has 1 aliphatic heterocycles. The summed E-state index contributed by atoms with van der Waals surface area (Å²) in [5.41, 5.74) is 1.76. The number of rotatable bonds is 4. The number of aromatic nitrogens is 2. The molecule has 0 aliphatic carbocycles. The van der Waals surface area contributed by atoms with Crippen LogP contribution in [0.25, 0.3) is 0 Å². The van der Waals surface area contributed by atoms with Gasteiger partial charge in [-0.05, 0) is 39.3 Å². The second kappa shape index (κ2) is 5.87. The molecular formula is C15H25N3O. The average Bonchev–Trinajstić information content (AvgIpc) is 2.71. The molecule has 106 valence electrons. The van der Waals surface area contributed by atoms with Gasteiger partial charge in [-0.1, -0.05) is 6.42 Å². The summed E-state index contributed by atoms with van der Waals surface area (Å²) in [5.74, 6) is 0.0885. The van der Waals surface area contributed by atoms with Gasteiger partial charge in [0.25, 0.3) is 0 Å². The van der Waals surface area contributed by atoms with Crippen molar-refractivity contribution >= 4 is 5.78 Å². The number of ketones is 1. The minimum Gasteiger partial charge on any atom is -0.298 e. The zero-order chi connectivity index (χ0) is 14.0. The van der Waals surface area contributed by atoms with Crippen molar-refractivity contribution in [1.82, 2.24) is 14.7 Å². The Morgan fingerprint density at radius 2 is 2.21 bits per heavy atom. The van der Waals surface area contributed by atoms with Crippen molar-refractivity contribution in [3.05, 3.63) is 17.5 Å². The zero-order valence-corrected chi connectivity index (χ0v) is 12.5. The van der Waals surface area contributed by atoms with E-state index in [1.54, 1.807) is 11.6 Å². The standard InChI is InChI=1S/C15H25N3O/c1-11(2)18-8-6-5-7-14(18)9-13-10-15(12(3)19)17(4)16-13/h10-11,14H,5-9H2,1-4H3. The van der Waals surface area contributed by atoms with Gasteiger partial charge in [-0.2, -0.15) is 5.10 Å². The van der Waals surface area contributed by atoms with Gasteiger partial charge in [0.05, 0.1) is 5.69 Å². The second-order valence-electron chi connectivity index (χ2n) is 5.89. The average molecular weight is 263 g/mol. The number of likely N-dealkylation sites (tertiary alicyclic amines) is 1. The minimum absolute atomic E-state index is 0.0885. The molecule has 1 aromatic heterocycles. The molecule has 1 aromatic rings. The molecule has 0 saturated carbocycles. The van der Waals surface area contributed by atoms with Gasteiger partial charge >= 0.3 is 0 Å². The van der Waals surface area contributed by atoms with Crippen LogP contribution in [-0.4, -0.2) is 39.1 Å². The van der Waals surface area contributed by atoms with Crippen LogP contribution in [0.1, 0.15) is 56.2 Å². The Morgan fingerprint density at radius 3 is 2.79 bits per heavy atom. The highest BCUT2D eigenvalue weighted by Gasteiger charge is 2.25. The SMILES string of the molecule is CC(=O)c1cc(CC2CCCCN2C(C)C)nn1C. The van der Waals surface area contributed by atoms with Gasteiger partial charge in [0.2, 0.25) is 0 Å². The van der Waals surface area contributed by atoms with E-state index in [0.29, 0.717) is 17.8 Å². The predicted molar refractivity (Wildman–Crippen MR) is 76.4 cm³/mol. The van der Waals surface area contributed by atoms with Crippen LogP contribution in [0.3, 0.4) is 0 Å². The van der Waals surface area contributed by atoms with Crippen molar-refractivity contribution in [1.29, 1.82) is 0 Å². The van der Waals surface area contributed by atoms with Crippen LogP contribution in [0, 0.1) is 0 Å². The number of nitrogens with zero attached hydrogens (tertiary/aromatic N) is 3. The lowest BCUT2D eigenvalue weighted by Crippen LogP contribution is -2.45. The number of carbonyl (C=O) groups excluding carboxylic acids is 1. The molecule has 1 atom stereocenters. The molecule has 19 heavy (non-hydrogen) atoms. The van der Waals surface area contributed by atoms with Crippen LogP contribution >= 0.6 is 0 Å². The van der Waals surface area contributed by atoms with Crippen molar-refractivity contribution in [3.8, 4) is 0 Å². The molecule has 4 nitrogen and oxygen atoms in total. The van der Waals surface area contributed by atoms with E-state index >= 15 is 0 Å². The predicted octanol–water partition coefficient (Wildman–Crippen LogP) is 2.43. The Balaban J connectivity index is 2.10. The third-order valence-electron chi connectivity index (χ3n) is 4.07. The van der Waals surface area contributed by atoms with Gasteiger partial charge in [0, 0.05) is 32.5 Å². The number of hydrogen-bond donors (Lipinski definition) is 0. The lowest BCUT2D eigenvalue weighted by molar-refractivity contribution is 0.100. The van der Waals surface area contributed by atoms with Crippen LogP contribution in [0.4, 0.5) is 0 Å². The maximum absolute atomic E-state index is 11.5. The van der Waals surface area contributed by atoms with Gasteiger partial charge in [-0.15, -0.1) is 0 Å². The third kappa shape index (κ3) is 3.24. The van der Waals surface area contributed by atoms with Crippen molar-refractivity contribution in [2.75, 3.05) is 6.54 Å². The van der Waals surface area contributed by atoms with Crippen molar-refractivity contribution in [2.24, 2.45) is 7.05 Å². The second-order valence-corrected chi connectivity index (χ2v) is 5.89. The fourth-order valence-electron chi connectivity index (χ4n) is 3.12. The summed E-state index contributed by atoms with van der Waals surface area (Å²) in [7, 11) is 1.85. The normalized spacial score (nSPS) is 21.0. The summed E-state index contributed by atoms with van der Waals surface area (Å²) in [5, 5.41) is 4.49. The quantitative estimate of drug-likeness (QED) is 0.783. The molecule has 2 rings (SSSR count). The topological polar surface area (TPSA) is 38.1 Å². The maximum atomic E-state index is 11.5. The van der Waals surface area contributed by atoms with E-state index in [1.807, 2.05) is 13.1 Å². The summed E-state index contributed by atoms with van der Waals surface area (Å²) < 4.78 is 1.71. The number of aryl methyl sites for hydroxylation is 1. The molecule has 0 amide bonds. The Kier molecular flexibility index (Phi) is 4.40. The third-order valence-corrected chi connectivity index (χ3v) is 4.07. The highest BCUT2D eigenvalue weighted by Crippen LogP contribution is 2.22. The van der Waals surface area contributed by atoms with Crippen LogP contribution in [0.2, 0.25) is 0 Å². The fourth-order valence-corrected chi connectivity index (χ4v) is 3.12. The largest absolute Gasteiger partial charge is 0.298 e. The zero-order valence-electron chi connectivity index (χ0n) is 12.5. The monoisotopic (exact) mass is 263 g/mol. The van der Waals surface area contributed by atoms with Crippen LogP contribution in [0.5, 0.6) is 0 Å². The Hall–Kier alpha value is -1.16. The van der Waals surface area contributed by atoms with Gasteiger partial charge < -0.3 is 0 Å². The Bertz CT molecular complexity index is 450. The van der Waals surface area contributed by atoms with Gasteiger partial charge in [0.15, 0.2) is 5.78 Å². The van der Waals surface area contributed by atoms with E-state index < -0.39 is 0 Å². The Labute approximate surface area is 115 Å². The molecule has 1 fully saturated rings. The summed E-state index contributed by atoms with van der Waals surface area (Å²) >= 11 is 0. The first-order chi connectivity index (χ1) is 8.99. The number of Topliss-reactive ketones (excluding diaryl/α,β-unsaturated/α-hetero) is 1. The highest BCUT2D eigenvalue weighted by atomic mass is 16.1. The fraction of sp³-hybridized carbons (Fsp3) is 0.733. The van der Waals surface area contributed by atoms with E-state index in [2.05, 4.69) is 23.8 Å². The summed E-state index contributed by atoms with van der Waals surface area (Å²) in [6.45, 7) is 7.31. The van der Waals surface area contributed by atoms with E-state index in [9.17, 15) is 4.79 Å². The van der Waals surface area contributed by atoms with Crippen LogP contribution < -0.4 is 0 Å². The van der Waals surface area contributed by atoms with Crippen molar-refractivity contribution in [2.45, 2.75) is 58.5 Å². The lowest BCUT2D eigenvalue weighted by Gasteiger charge is -2.38. The molecule has 1 saturated heterocycles. The van der Waals surface area contributed by atoms with E-state index in [0.717, 1.165) is 12.1 Å². The molecule has 1 unspecified atom stereocenters. The molecule has 1 aliphatic rings. The van der Waals surface area contributed by atoms with Gasteiger partial charge in [-0.3, -0.25) is 14.4 Å². The molecule has 0 radical (unpaired) electrons. The van der Waals surface area contributed by atoms with Crippen molar-refractivity contribution in [3.63, 3.8) is 0 Å². The highest BCUT2D eigenvalue weighted by molar-refractivity contribution is 5.92. The van der Waals surface area contributed by atoms with Crippen LogP contribution in [-0.2, 0) is 13.5 Å². The molecule has 0 aromatic carbocycles. The maximum Gasteiger partial charge on any atom is 0.177 e. The Morgan fingerprint density at radius 1 is 1.47 bits per heavy atom. The summed E-state index contributed by atoms with van der Waals surface area (Å²) in [4.78, 5) is 14.0. The number of hydrogen-bond acceptors (Lipinski definition) is 3. The smallest absolute Gasteiger partial charge is 0.177 e. The number of carbonyl (C=O) groups is 1. The van der Waals surface area contributed by atoms with E-state index in [4.69, 9.17) is 0 Å². The van der Waals surface area contributed by atoms with E-state index in [1.165, 1.54) is 25.8 Å². The first-order valence-corrected chi connectivity index (χ1v) is 7.28. The summed E-state index contributed by atoms with van der Waals surface area (Å²) in [6.07, 6.45) is 4.80.